The number of carboxylic acid groups (broad SMARTS) is 1. The van der Waals surface area contributed by atoms with E-state index >= 15 is 0 Å². The van der Waals surface area contributed by atoms with E-state index in [1.165, 1.54) is 12.0 Å². The summed E-state index contributed by atoms with van der Waals surface area (Å²) < 4.78 is 7.42. The molecule has 2 amide bonds. The smallest absolute Gasteiger partial charge is 0.306 e. The van der Waals surface area contributed by atoms with Gasteiger partial charge in [-0.15, -0.1) is 0 Å². The average Bonchev–Trinajstić information content (AvgIpc) is 3.56. The van der Waals surface area contributed by atoms with Crippen molar-refractivity contribution in [2.75, 3.05) is 50.5 Å². The summed E-state index contributed by atoms with van der Waals surface area (Å²) in [4.78, 5) is 51.0. The molecular weight excluding hydrogens is 742 g/mol. The van der Waals surface area contributed by atoms with Crippen molar-refractivity contribution in [1.29, 1.82) is 0 Å². The SMILES string of the molecule is CC.CC(=NC1=C(C)CCN(C2CCOCC2)C1)C(=O)Nc1cccc(-c2cccc(NC(=O)c3nc4c(n3C)CCN(C)C4)c2Cl)c1.O=C(O)C1CCCCC1. The molecule has 1 saturated carbocycles. The molecule has 2 fully saturated rings. The Morgan fingerprint density at radius 1 is 0.930 bits per heavy atom. The second kappa shape index (κ2) is 20.9. The zero-order valence-corrected chi connectivity index (χ0v) is 35.3. The second-order valence-electron chi connectivity index (χ2n) is 15.2. The largest absolute Gasteiger partial charge is 0.481 e. The van der Waals surface area contributed by atoms with Crippen molar-refractivity contribution in [3.8, 4) is 11.1 Å². The molecule has 1 saturated heterocycles. The van der Waals surface area contributed by atoms with Crippen molar-refractivity contribution >= 4 is 46.5 Å². The average molecular weight is 802 g/mol. The number of carbonyl (C=O) groups excluding carboxylic acids is 2. The van der Waals surface area contributed by atoms with E-state index in [4.69, 9.17) is 26.4 Å². The normalized spacial score (nSPS) is 18.4. The molecule has 2 aromatic carbocycles. The minimum absolute atomic E-state index is 0.0289. The number of imidazole rings is 1. The topological polar surface area (TPSA) is 141 Å². The zero-order chi connectivity index (χ0) is 41.1. The van der Waals surface area contributed by atoms with Crippen LogP contribution in [0.4, 0.5) is 11.4 Å². The first-order chi connectivity index (χ1) is 27.5. The number of hydrogen-bond acceptors (Lipinski definition) is 8. The molecule has 0 atom stereocenters. The molecule has 3 N–H and O–H groups in total. The van der Waals surface area contributed by atoms with Gasteiger partial charge in [-0.05, 0) is 82.3 Å². The number of rotatable bonds is 8. The van der Waals surface area contributed by atoms with Crippen LogP contribution in [0.15, 0.2) is 58.7 Å². The van der Waals surface area contributed by atoms with E-state index in [1.54, 1.807) is 13.0 Å². The first-order valence-electron chi connectivity index (χ1n) is 20.5. The molecule has 0 bridgehead atoms. The van der Waals surface area contributed by atoms with Gasteiger partial charge in [0.2, 0.25) is 0 Å². The number of carbonyl (C=O) groups is 3. The lowest BCUT2D eigenvalue weighted by Crippen LogP contribution is -2.43. The second-order valence-corrected chi connectivity index (χ2v) is 15.6. The monoisotopic (exact) mass is 801 g/mol. The van der Waals surface area contributed by atoms with Crippen molar-refractivity contribution in [2.45, 2.75) is 98.1 Å². The summed E-state index contributed by atoms with van der Waals surface area (Å²) in [7, 11) is 3.93. The summed E-state index contributed by atoms with van der Waals surface area (Å²) in [5.74, 6) is -0.835. The van der Waals surface area contributed by atoms with Crippen LogP contribution in [0.2, 0.25) is 5.02 Å². The summed E-state index contributed by atoms with van der Waals surface area (Å²) in [6, 6.07) is 13.5. The third-order valence-electron chi connectivity index (χ3n) is 11.2. The molecule has 0 radical (unpaired) electrons. The van der Waals surface area contributed by atoms with Crippen LogP contribution in [-0.4, -0.2) is 93.9 Å². The van der Waals surface area contributed by atoms with E-state index in [2.05, 4.69) is 39.4 Å². The minimum Gasteiger partial charge on any atom is -0.481 e. The molecule has 12 nitrogen and oxygen atoms in total. The molecule has 1 aromatic heterocycles. The fraction of sp³-hybridized carbons (Fsp3) is 0.523. The van der Waals surface area contributed by atoms with Gasteiger partial charge in [0.25, 0.3) is 11.8 Å². The quantitative estimate of drug-likeness (QED) is 0.194. The van der Waals surface area contributed by atoms with Crippen LogP contribution in [0, 0.1) is 5.92 Å². The van der Waals surface area contributed by atoms with Crippen LogP contribution in [0.3, 0.4) is 0 Å². The first kappa shape index (κ1) is 43.8. The standard InChI is InChI=1S/C35H42ClN7O3.C7H12O2.C2H6/c1-22-11-16-43(26-13-17-46-18-14-26)21-29(22)37-23(2)34(44)38-25-8-5-7-24(19-25)27-9-6-10-28(32(27)36)40-35(45)33-39-30-20-41(3)15-12-31(30)42(33)4;8-7(9)6-4-2-1-3-5-6;1-2/h5-10,19,26H,11-18,20-21H2,1-4H3,(H,38,44)(H,40,45);6H,1-5H2,(H,8,9);1-2H3. The predicted molar refractivity (Wildman–Crippen MR) is 228 cm³/mol. The number of carboxylic acids is 1. The van der Waals surface area contributed by atoms with Crippen molar-refractivity contribution in [3.63, 3.8) is 0 Å². The molecule has 4 heterocycles. The fourth-order valence-corrected chi connectivity index (χ4v) is 8.12. The van der Waals surface area contributed by atoms with E-state index in [1.807, 2.05) is 61.9 Å². The van der Waals surface area contributed by atoms with E-state index in [0.717, 1.165) is 119 Å². The minimum atomic E-state index is -0.602. The van der Waals surface area contributed by atoms with E-state index < -0.39 is 5.97 Å². The number of anilines is 2. The molecular formula is C44H60ClN7O5. The first-order valence-corrected chi connectivity index (χ1v) is 20.9. The molecule has 13 heteroatoms. The molecule has 0 spiro atoms. The Morgan fingerprint density at radius 3 is 2.35 bits per heavy atom. The van der Waals surface area contributed by atoms with Gasteiger partial charge in [0.15, 0.2) is 5.82 Å². The molecule has 1 aliphatic carbocycles. The Balaban J connectivity index is 0.000000492. The van der Waals surface area contributed by atoms with E-state index in [-0.39, 0.29) is 17.7 Å². The number of fused-ring (bicyclic) bond motifs is 1. The number of amides is 2. The third-order valence-corrected chi connectivity index (χ3v) is 11.6. The van der Waals surface area contributed by atoms with Gasteiger partial charge in [0.1, 0.15) is 5.71 Å². The lowest BCUT2D eigenvalue weighted by Gasteiger charge is -2.37. The van der Waals surface area contributed by atoms with Crippen LogP contribution >= 0.6 is 11.6 Å². The lowest BCUT2D eigenvalue weighted by atomic mass is 9.90. The van der Waals surface area contributed by atoms with Crippen LogP contribution in [0.25, 0.3) is 11.1 Å². The van der Waals surface area contributed by atoms with Crippen LogP contribution in [-0.2, 0) is 34.3 Å². The number of likely N-dealkylation sites (N-methyl/N-ethyl adjacent to an activating group) is 1. The number of aromatic nitrogens is 2. The van der Waals surface area contributed by atoms with E-state index in [0.29, 0.717) is 34.0 Å². The summed E-state index contributed by atoms with van der Waals surface area (Å²) in [6.45, 7) is 12.9. The fourth-order valence-electron chi connectivity index (χ4n) is 7.84. The van der Waals surface area contributed by atoms with Gasteiger partial charge in [-0.1, -0.05) is 69.0 Å². The maximum atomic E-state index is 13.3. The Hall–Kier alpha value is -4.36. The highest BCUT2D eigenvalue weighted by Gasteiger charge is 2.27. The lowest BCUT2D eigenvalue weighted by molar-refractivity contribution is -0.142. The molecule has 57 heavy (non-hydrogen) atoms. The van der Waals surface area contributed by atoms with Gasteiger partial charge in [0, 0.05) is 75.8 Å². The van der Waals surface area contributed by atoms with Gasteiger partial charge in [-0.2, -0.15) is 0 Å². The Bertz CT molecular complexity index is 1940. The van der Waals surface area contributed by atoms with E-state index in [9.17, 15) is 14.4 Å². The Kier molecular flexibility index (Phi) is 16.0. The molecule has 3 aliphatic heterocycles. The number of ether oxygens (including phenoxy) is 1. The highest BCUT2D eigenvalue weighted by atomic mass is 35.5. The Labute approximate surface area is 342 Å². The maximum Gasteiger partial charge on any atom is 0.306 e. The highest BCUT2D eigenvalue weighted by molar-refractivity contribution is 6.42. The van der Waals surface area contributed by atoms with Gasteiger partial charge >= 0.3 is 5.97 Å². The van der Waals surface area contributed by atoms with Gasteiger partial charge in [0.05, 0.1) is 28.0 Å². The van der Waals surface area contributed by atoms with Gasteiger partial charge < -0.3 is 29.9 Å². The maximum absolute atomic E-state index is 13.3. The van der Waals surface area contributed by atoms with Gasteiger partial charge in [-0.25, -0.2) is 4.98 Å². The third kappa shape index (κ3) is 11.4. The van der Waals surface area contributed by atoms with Gasteiger partial charge in [-0.3, -0.25) is 24.3 Å². The van der Waals surface area contributed by atoms with Crippen LogP contribution < -0.4 is 10.6 Å². The number of halogens is 1. The molecule has 0 unspecified atom stereocenters. The van der Waals surface area contributed by atoms with Crippen molar-refractivity contribution in [2.24, 2.45) is 18.0 Å². The summed E-state index contributed by atoms with van der Waals surface area (Å²) in [5, 5.41) is 14.9. The number of hydrogen-bond donors (Lipinski definition) is 3. The van der Waals surface area contributed by atoms with Crippen molar-refractivity contribution in [1.82, 2.24) is 19.4 Å². The number of aliphatic imine (C=N–C) groups is 1. The molecule has 7 rings (SSSR count). The number of nitrogens with zero attached hydrogens (tertiary/aromatic N) is 5. The zero-order valence-electron chi connectivity index (χ0n) is 34.5. The van der Waals surface area contributed by atoms with Crippen LogP contribution in [0.1, 0.15) is 101 Å². The Morgan fingerprint density at radius 2 is 1.65 bits per heavy atom. The highest BCUT2D eigenvalue weighted by Crippen LogP contribution is 2.35. The molecule has 3 aromatic rings. The van der Waals surface area contributed by atoms with Crippen LogP contribution in [0.5, 0.6) is 0 Å². The predicted octanol–water partition coefficient (Wildman–Crippen LogP) is 8.22. The number of aliphatic carboxylic acids is 1. The molecule has 308 valence electrons. The summed E-state index contributed by atoms with van der Waals surface area (Å²) in [5.41, 5.74) is 7.30. The summed E-state index contributed by atoms with van der Waals surface area (Å²) in [6.07, 6.45) is 9.12. The number of benzene rings is 2. The van der Waals surface area contributed by atoms with Crippen molar-refractivity contribution in [3.05, 3.63) is 76.0 Å². The molecule has 4 aliphatic rings. The number of nitrogens with one attached hydrogen (secondary N) is 2. The summed E-state index contributed by atoms with van der Waals surface area (Å²) >= 11 is 6.86. The van der Waals surface area contributed by atoms with Crippen molar-refractivity contribution < 1.29 is 24.2 Å².